The molecule has 19 heavy (non-hydrogen) atoms. The van der Waals surface area contributed by atoms with Crippen LogP contribution in [0.25, 0.3) is 0 Å². The van der Waals surface area contributed by atoms with Gasteiger partial charge in [-0.3, -0.25) is 29.5 Å². The van der Waals surface area contributed by atoms with Crippen molar-refractivity contribution in [3.05, 3.63) is 10.1 Å². The highest BCUT2D eigenvalue weighted by Gasteiger charge is 2.49. The van der Waals surface area contributed by atoms with Crippen LogP contribution in [0, 0.1) is 10.1 Å². The van der Waals surface area contributed by atoms with Gasteiger partial charge in [0.15, 0.2) is 0 Å². The minimum absolute atomic E-state index is 0.00576. The second-order valence-corrected chi connectivity index (χ2v) is 4.54. The van der Waals surface area contributed by atoms with Gasteiger partial charge in [0, 0.05) is 4.92 Å². The van der Waals surface area contributed by atoms with Gasteiger partial charge < -0.3 is 15.3 Å². The molecule has 0 amide bonds. The molecule has 1 saturated heterocycles. The largest absolute Gasteiger partial charge is 0.480 e. The lowest BCUT2D eigenvalue weighted by Gasteiger charge is -2.40. The summed E-state index contributed by atoms with van der Waals surface area (Å²) in [6.45, 7) is -2.17. The van der Waals surface area contributed by atoms with Gasteiger partial charge in [-0.2, -0.15) is 0 Å². The van der Waals surface area contributed by atoms with Crippen LogP contribution in [-0.4, -0.2) is 87.0 Å². The van der Waals surface area contributed by atoms with Gasteiger partial charge in [0.05, 0.1) is 32.8 Å². The van der Waals surface area contributed by atoms with Crippen LogP contribution in [0.2, 0.25) is 0 Å². The van der Waals surface area contributed by atoms with Gasteiger partial charge in [0.25, 0.3) is 5.54 Å². The van der Waals surface area contributed by atoms with Crippen LogP contribution in [0.15, 0.2) is 0 Å². The Kier molecular flexibility index (Phi) is 4.75. The fourth-order valence-corrected chi connectivity index (χ4v) is 2.13. The Morgan fingerprint density at radius 2 is 1.58 bits per heavy atom. The fourth-order valence-electron chi connectivity index (χ4n) is 2.13. The molecule has 0 atom stereocenters. The molecule has 3 N–H and O–H groups in total. The van der Waals surface area contributed by atoms with Crippen LogP contribution in [-0.2, 0) is 9.59 Å². The maximum absolute atomic E-state index is 11.1. The van der Waals surface area contributed by atoms with E-state index in [4.69, 9.17) is 10.2 Å². The highest BCUT2D eigenvalue weighted by molar-refractivity contribution is 5.69. The van der Waals surface area contributed by atoms with Crippen molar-refractivity contribution in [3.8, 4) is 0 Å². The average molecular weight is 277 g/mol. The topological polar surface area (TPSA) is 144 Å². The molecule has 1 heterocycles. The van der Waals surface area contributed by atoms with E-state index in [0.717, 1.165) is 0 Å². The van der Waals surface area contributed by atoms with Crippen molar-refractivity contribution in [1.82, 2.24) is 9.80 Å². The van der Waals surface area contributed by atoms with E-state index in [0.29, 0.717) is 0 Å². The van der Waals surface area contributed by atoms with Crippen molar-refractivity contribution in [3.63, 3.8) is 0 Å². The molecule has 1 fully saturated rings. The summed E-state index contributed by atoms with van der Waals surface area (Å²) in [5, 5.41) is 37.7. The zero-order chi connectivity index (χ0) is 14.6. The van der Waals surface area contributed by atoms with E-state index in [1.54, 1.807) is 0 Å². The molecule has 1 aliphatic rings. The SMILES string of the molecule is O=C(O)CN1CN(CC(=O)O)CC(CO)([N+](=O)[O-])C1. The molecular weight excluding hydrogens is 262 g/mol. The van der Waals surface area contributed by atoms with Crippen molar-refractivity contribution in [2.75, 3.05) is 39.5 Å². The first-order chi connectivity index (χ1) is 8.79. The van der Waals surface area contributed by atoms with Crippen molar-refractivity contribution in [2.45, 2.75) is 5.54 Å². The molecule has 0 aliphatic carbocycles. The minimum atomic E-state index is -1.76. The summed E-state index contributed by atoms with van der Waals surface area (Å²) in [6, 6.07) is 0. The lowest BCUT2D eigenvalue weighted by Crippen LogP contribution is -2.65. The number of nitrogens with zero attached hydrogens (tertiary/aromatic N) is 3. The smallest absolute Gasteiger partial charge is 0.317 e. The Morgan fingerprint density at radius 3 is 1.84 bits per heavy atom. The maximum Gasteiger partial charge on any atom is 0.317 e. The Balaban J connectivity index is 2.90. The third-order valence-corrected chi connectivity index (χ3v) is 2.84. The summed E-state index contributed by atoms with van der Waals surface area (Å²) < 4.78 is 0. The van der Waals surface area contributed by atoms with Gasteiger partial charge in [-0.15, -0.1) is 0 Å². The number of aliphatic carboxylic acids is 2. The van der Waals surface area contributed by atoms with E-state index >= 15 is 0 Å². The highest BCUT2D eigenvalue weighted by Crippen LogP contribution is 2.19. The van der Waals surface area contributed by atoms with E-state index in [1.165, 1.54) is 9.80 Å². The van der Waals surface area contributed by atoms with E-state index in [2.05, 4.69) is 0 Å². The molecule has 0 aromatic carbocycles. The molecule has 1 rings (SSSR count). The molecule has 0 saturated carbocycles. The van der Waals surface area contributed by atoms with Crippen molar-refractivity contribution >= 4 is 11.9 Å². The van der Waals surface area contributed by atoms with Gasteiger partial charge in [0.1, 0.15) is 6.61 Å². The second-order valence-electron chi connectivity index (χ2n) is 4.54. The standard InChI is InChI=1S/C9H15N3O7/c13-5-9(12(18)19)3-10(1-7(14)15)6-11(4-9)2-8(16)17/h13H,1-6H2,(H,14,15)(H,16,17). The van der Waals surface area contributed by atoms with E-state index in [9.17, 15) is 24.8 Å². The number of aliphatic hydroxyl groups excluding tert-OH is 1. The van der Waals surface area contributed by atoms with Crippen molar-refractivity contribution < 1.29 is 29.8 Å². The maximum atomic E-state index is 11.1. The summed E-state index contributed by atoms with van der Waals surface area (Å²) in [7, 11) is 0. The number of aliphatic hydroxyl groups is 1. The van der Waals surface area contributed by atoms with Crippen molar-refractivity contribution in [2.24, 2.45) is 0 Å². The Labute approximate surface area is 108 Å². The molecule has 0 aromatic rings. The first kappa shape index (κ1) is 15.3. The minimum Gasteiger partial charge on any atom is -0.480 e. The summed E-state index contributed by atoms with van der Waals surface area (Å²) in [5.41, 5.74) is -1.76. The van der Waals surface area contributed by atoms with Gasteiger partial charge in [-0.05, 0) is 0 Å². The predicted molar refractivity (Wildman–Crippen MR) is 60.1 cm³/mol. The van der Waals surface area contributed by atoms with Gasteiger partial charge in [-0.25, -0.2) is 0 Å². The fraction of sp³-hybridized carbons (Fsp3) is 0.778. The monoisotopic (exact) mass is 277 g/mol. The Bertz CT molecular complexity index is 362. The molecule has 0 bridgehead atoms. The first-order valence-corrected chi connectivity index (χ1v) is 5.43. The van der Waals surface area contributed by atoms with Crippen LogP contribution in [0.5, 0.6) is 0 Å². The molecule has 0 spiro atoms. The van der Waals surface area contributed by atoms with Gasteiger partial charge >= 0.3 is 11.9 Å². The Morgan fingerprint density at radius 1 is 1.16 bits per heavy atom. The zero-order valence-electron chi connectivity index (χ0n) is 10.1. The highest BCUT2D eigenvalue weighted by atomic mass is 16.6. The van der Waals surface area contributed by atoms with Crippen LogP contribution < -0.4 is 0 Å². The summed E-state index contributed by atoms with van der Waals surface area (Å²) in [5.74, 6) is -2.35. The zero-order valence-corrected chi connectivity index (χ0v) is 10.1. The number of carbonyl (C=O) groups is 2. The number of rotatable bonds is 6. The number of hydrogen-bond acceptors (Lipinski definition) is 7. The molecule has 0 aromatic heterocycles. The van der Waals surface area contributed by atoms with Crippen LogP contribution in [0.1, 0.15) is 0 Å². The summed E-state index contributed by atoms with van der Waals surface area (Å²) in [4.78, 5) is 34.2. The van der Waals surface area contributed by atoms with Gasteiger partial charge in [-0.1, -0.05) is 0 Å². The lowest BCUT2D eigenvalue weighted by molar-refractivity contribution is -0.578. The summed E-state index contributed by atoms with van der Waals surface area (Å²) in [6.07, 6.45) is 0. The van der Waals surface area contributed by atoms with E-state index in [-0.39, 0.29) is 19.8 Å². The molecule has 0 unspecified atom stereocenters. The molecule has 108 valence electrons. The normalized spacial score (nSPS) is 20.1. The molecule has 1 aliphatic heterocycles. The van der Waals surface area contributed by atoms with Crippen LogP contribution >= 0.6 is 0 Å². The first-order valence-electron chi connectivity index (χ1n) is 5.43. The summed E-state index contributed by atoms with van der Waals surface area (Å²) >= 11 is 0. The molecule has 0 radical (unpaired) electrons. The number of hydrogen-bond donors (Lipinski definition) is 3. The third-order valence-electron chi connectivity index (χ3n) is 2.84. The number of nitro groups is 1. The quantitative estimate of drug-likeness (QED) is 0.361. The Hall–Kier alpha value is -1.78. The molecular formula is C9H15N3O7. The molecule has 10 nitrogen and oxygen atoms in total. The van der Waals surface area contributed by atoms with Gasteiger partial charge in [0.2, 0.25) is 0 Å². The van der Waals surface area contributed by atoms with Crippen molar-refractivity contribution in [1.29, 1.82) is 0 Å². The average Bonchev–Trinajstić information content (AvgIpc) is 2.26. The third kappa shape index (κ3) is 3.84. The van der Waals surface area contributed by atoms with Crippen LogP contribution in [0.4, 0.5) is 0 Å². The number of carboxylic acids is 2. The lowest BCUT2D eigenvalue weighted by atomic mass is 9.98. The number of carboxylic acid groups (broad SMARTS) is 2. The van der Waals surface area contributed by atoms with E-state index in [1.807, 2.05) is 0 Å². The molecule has 10 heteroatoms. The predicted octanol–water partition coefficient (Wildman–Crippen LogP) is -2.26. The van der Waals surface area contributed by atoms with Crippen LogP contribution in [0.3, 0.4) is 0 Å². The van der Waals surface area contributed by atoms with E-state index < -0.39 is 42.1 Å². The second kappa shape index (κ2) is 5.91.